The number of carbonyl (C=O) groups excluding carboxylic acids is 1. The van der Waals surface area contributed by atoms with Crippen LogP contribution in [0.5, 0.6) is 11.5 Å². The molecule has 0 radical (unpaired) electrons. The fraction of sp³-hybridized carbons (Fsp3) is 0.385. The van der Waals surface area contributed by atoms with Crippen molar-refractivity contribution in [2.45, 2.75) is 13.0 Å². The molecular formula is C26H31N5O3. The molecule has 0 saturated carbocycles. The molecule has 8 heteroatoms. The van der Waals surface area contributed by atoms with E-state index < -0.39 is 0 Å². The Morgan fingerprint density at radius 2 is 1.85 bits per heavy atom. The van der Waals surface area contributed by atoms with Crippen molar-refractivity contribution in [2.24, 2.45) is 7.05 Å². The predicted octanol–water partition coefficient (Wildman–Crippen LogP) is 2.93. The van der Waals surface area contributed by atoms with Crippen LogP contribution in [0.25, 0.3) is 11.3 Å². The molecule has 0 unspecified atom stereocenters. The standard InChI is InChI=1S/C26H31N5O3/c1-29-25-19-8-3-5-10-22(19)34-18-20(25)24(28-29)26(32)27-12-7-13-30-14-16-31(17-15-30)21-9-4-6-11-23(21)33-2/h3-6,8-11H,7,12-18H2,1-2H3,(H,27,32). The van der Waals surface area contributed by atoms with Crippen LogP contribution >= 0.6 is 0 Å². The summed E-state index contributed by atoms with van der Waals surface area (Å²) in [5, 5.41) is 7.56. The fourth-order valence-corrected chi connectivity index (χ4v) is 4.85. The molecule has 1 fully saturated rings. The molecule has 2 aliphatic heterocycles. The minimum Gasteiger partial charge on any atom is -0.495 e. The van der Waals surface area contributed by atoms with Gasteiger partial charge in [0.25, 0.3) is 5.91 Å². The number of aryl methyl sites for hydroxylation is 1. The van der Waals surface area contributed by atoms with Crippen molar-refractivity contribution in [2.75, 3.05) is 51.3 Å². The zero-order valence-corrected chi connectivity index (χ0v) is 19.8. The normalized spacial score (nSPS) is 15.3. The summed E-state index contributed by atoms with van der Waals surface area (Å²) in [4.78, 5) is 17.7. The van der Waals surface area contributed by atoms with Gasteiger partial charge in [-0.15, -0.1) is 0 Å². The highest BCUT2D eigenvalue weighted by Crippen LogP contribution is 2.38. The minimum atomic E-state index is -0.138. The first-order chi connectivity index (χ1) is 16.7. The average molecular weight is 462 g/mol. The number of hydrogen-bond acceptors (Lipinski definition) is 6. The molecule has 0 bridgehead atoms. The molecule has 0 spiro atoms. The SMILES string of the molecule is COc1ccccc1N1CCN(CCCNC(=O)c2nn(C)c3c2COc2ccccc2-3)CC1. The van der Waals surface area contributed by atoms with Crippen molar-refractivity contribution in [1.29, 1.82) is 0 Å². The van der Waals surface area contributed by atoms with Crippen LogP contribution in [0.15, 0.2) is 48.5 Å². The number of hydrogen-bond donors (Lipinski definition) is 1. The maximum absolute atomic E-state index is 12.9. The summed E-state index contributed by atoms with van der Waals surface area (Å²) in [5.41, 5.74) is 4.40. The second-order valence-electron chi connectivity index (χ2n) is 8.69. The van der Waals surface area contributed by atoms with Gasteiger partial charge in [-0.25, -0.2) is 0 Å². The first-order valence-corrected chi connectivity index (χ1v) is 11.8. The van der Waals surface area contributed by atoms with Crippen LogP contribution in [0.2, 0.25) is 0 Å². The fourth-order valence-electron chi connectivity index (χ4n) is 4.85. The van der Waals surface area contributed by atoms with E-state index in [1.165, 1.54) is 0 Å². The molecule has 3 aromatic rings. The summed E-state index contributed by atoms with van der Waals surface area (Å²) in [6.45, 7) is 5.86. The number of methoxy groups -OCH3 is 1. The number of amides is 1. The third-order valence-corrected chi connectivity index (χ3v) is 6.61. The lowest BCUT2D eigenvalue weighted by Crippen LogP contribution is -2.47. The molecule has 178 valence electrons. The number of fused-ring (bicyclic) bond motifs is 3. The third-order valence-electron chi connectivity index (χ3n) is 6.61. The second-order valence-corrected chi connectivity index (χ2v) is 8.69. The van der Waals surface area contributed by atoms with Gasteiger partial charge < -0.3 is 19.7 Å². The Hall–Kier alpha value is -3.52. The Kier molecular flexibility index (Phi) is 6.40. The number of ether oxygens (including phenoxy) is 2. The molecule has 8 nitrogen and oxygen atoms in total. The Bertz CT molecular complexity index is 1170. The van der Waals surface area contributed by atoms with E-state index in [4.69, 9.17) is 9.47 Å². The molecule has 1 aromatic heterocycles. The van der Waals surface area contributed by atoms with Gasteiger partial charge in [0.15, 0.2) is 5.69 Å². The van der Waals surface area contributed by atoms with E-state index in [0.717, 1.165) is 73.2 Å². The second kappa shape index (κ2) is 9.77. The van der Waals surface area contributed by atoms with E-state index in [1.807, 2.05) is 43.4 Å². The van der Waals surface area contributed by atoms with Crippen LogP contribution in [0.1, 0.15) is 22.5 Å². The number of nitrogens with one attached hydrogen (secondary N) is 1. The van der Waals surface area contributed by atoms with E-state index in [1.54, 1.807) is 11.8 Å². The number of piperazine rings is 1. The Morgan fingerprint density at radius 1 is 1.09 bits per heavy atom. The number of para-hydroxylation sites is 3. The Balaban J connectivity index is 1.11. The van der Waals surface area contributed by atoms with Gasteiger partial charge in [0.05, 0.1) is 18.5 Å². The molecule has 2 aliphatic rings. The van der Waals surface area contributed by atoms with Crippen molar-refractivity contribution in [1.82, 2.24) is 20.0 Å². The van der Waals surface area contributed by atoms with Crippen molar-refractivity contribution >= 4 is 11.6 Å². The van der Waals surface area contributed by atoms with Crippen molar-refractivity contribution in [3.63, 3.8) is 0 Å². The highest BCUT2D eigenvalue weighted by atomic mass is 16.5. The minimum absolute atomic E-state index is 0.138. The third kappa shape index (κ3) is 4.33. The molecule has 1 saturated heterocycles. The van der Waals surface area contributed by atoms with E-state index in [9.17, 15) is 4.79 Å². The molecule has 2 aromatic carbocycles. The van der Waals surface area contributed by atoms with E-state index in [0.29, 0.717) is 18.8 Å². The van der Waals surface area contributed by atoms with Gasteiger partial charge in [-0.2, -0.15) is 5.10 Å². The smallest absolute Gasteiger partial charge is 0.272 e. The molecule has 1 N–H and O–H groups in total. The summed E-state index contributed by atoms with van der Waals surface area (Å²) >= 11 is 0. The average Bonchev–Trinajstić information content (AvgIpc) is 3.24. The maximum atomic E-state index is 12.9. The van der Waals surface area contributed by atoms with E-state index in [2.05, 4.69) is 32.3 Å². The number of benzene rings is 2. The van der Waals surface area contributed by atoms with Crippen LogP contribution in [-0.2, 0) is 13.7 Å². The monoisotopic (exact) mass is 461 g/mol. The maximum Gasteiger partial charge on any atom is 0.272 e. The number of anilines is 1. The lowest BCUT2D eigenvalue weighted by Gasteiger charge is -2.36. The largest absolute Gasteiger partial charge is 0.495 e. The van der Waals surface area contributed by atoms with Crippen molar-refractivity contribution in [3.8, 4) is 22.8 Å². The van der Waals surface area contributed by atoms with Crippen molar-refractivity contribution in [3.05, 3.63) is 59.8 Å². The van der Waals surface area contributed by atoms with E-state index in [-0.39, 0.29) is 5.91 Å². The number of carbonyl (C=O) groups is 1. The Labute approximate surface area is 200 Å². The topological polar surface area (TPSA) is 71.9 Å². The van der Waals surface area contributed by atoms with E-state index >= 15 is 0 Å². The van der Waals surface area contributed by atoms with Gasteiger partial charge in [0, 0.05) is 50.9 Å². The summed E-state index contributed by atoms with van der Waals surface area (Å²) in [5.74, 6) is 1.61. The van der Waals surface area contributed by atoms with Crippen LogP contribution in [0.3, 0.4) is 0 Å². The zero-order chi connectivity index (χ0) is 23.5. The molecule has 5 rings (SSSR count). The molecule has 1 amide bonds. The predicted molar refractivity (Wildman–Crippen MR) is 132 cm³/mol. The molecule has 0 atom stereocenters. The van der Waals surface area contributed by atoms with Crippen LogP contribution < -0.4 is 19.7 Å². The molecule has 3 heterocycles. The lowest BCUT2D eigenvalue weighted by atomic mass is 10.0. The molecule has 34 heavy (non-hydrogen) atoms. The number of nitrogens with zero attached hydrogens (tertiary/aromatic N) is 4. The van der Waals surface area contributed by atoms with Crippen LogP contribution in [-0.4, -0.2) is 67.0 Å². The summed E-state index contributed by atoms with van der Waals surface area (Å²) in [7, 11) is 3.60. The number of aromatic nitrogens is 2. The molecule has 0 aliphatic carbocycles. The molecular weight excluding hydrogens is 430 g/mol. The first-order valence-electron chi connectivity index (χ1n) is 11.8. The van der Waals surface area contributed by atoms with Gasteiger partial charge in [-0.05, 0) is 37.2 Å². The highest BCUT2D eigenvalue weighted by Gasteiger charge is 2.28. The lowest BCUT2D eigenvalue weighted by molar-refractivity contribution is 0.0943. The van der Waals surface area contributed by atoms with Gasteiger partial charge in [-0.1, -0.05) is 24.3 Å². The van der Waals surface area contributed by atoms with Gasteiger partial charge in [0.1, 0.15) is 18.1 Å². The van der Waals surface area contributed by atoms with Crippen LogP contribution in [0.4, 0.5) is 5.69 Å². The van der Waals surface area contributed by atoms with Crippen LogP contribution in [0, 0.1) is 0 Å². The zero-order valence-electron chi connectivity index (χ0n) is 19.8. The summed E-state index contributed by atoms with van der Waals surface area (Å²) < 4.78 is 13.2. The number of rotatable bonds is 7. The highest BCUT2D eigenvalue weighted by molar-refractivity contribution is 5.96. The van der Waals surface area contributed by atoms with Crippen molar-refractivity contribution < 1.29 is 14.3 Å². The van der Waals surface area contributed by atoms with Gasteiger partial charge >= 0.3 is 0 Å². The quantitative estimate of drug-likeness (QED) is 0.546. The van der Waals surface area contributed by atoms with Gasteiger partial charge in [-0.3, -0.25) is 14.4 Å². The Morgan fingerprint density at radius 3 is 2.68 bits per heavy atom. The van der Waals surface area contributed by atoms with Gasteiger partial charge in [0.2, 0.25) is 0 Å². The summed E-state index contributed by atoms with van der Waals surface area (Å²) in [6, 6.07) is 16.0. The first kappa shape index (κ1) is 22.3. The summed E-state index contributed by atoms with van der Waals surface area (Å²) in [6.07, 6.45) is 0.898.